The number of methoxy groups -OCH3 is 2. The quantitative estimate of drug-likeness (QED) is 0.910. The first-order valence-electron chi connectivity index (χ1n) is 7.73. The van der Waals surface area contributed by atoms with Crippen molar-refractivity contribution in [3.8, 4) is 17.2 Å². The van der Waals surface area contributed by atoms with Crippen LogP contribution in [0.15, 0.2) is 24.4 Å². The normalized spacial score (nSPS) is 21.1. The Labute approximate surface area is 138 Å². The van der Waals surface area contributed by atoms with Gasteiger partial charge in [-0.3, -0.25) is 9.76 Å². The largest absolute Gasteiger partial charge is 0.493 e. The minimum absolute atomic E-state index is 0.135. The smallest absolute Gasteiger partial charge is 0.162 e. The number of rotatable bonds is 5. The van der Waals surface area contributed by atoms with Gasteiger partial charge >= 0.3 is 0 Å². The van der Waals surface area contributed by atoms with E-state index in [0.717, 1.165) is 41.0 Å². The van der Waals surface area contributed by atoms with Crippen molar-refractivity contribution in [3.05, 3.63) is 24.4 Å². The van der Waals surface area contributed by atoms with Crippen LogP contribution < -0.4 is 14.2 Å². The van der Waals surface area contributed by atoms with Gasteiger partial charge in [0.15, 0.2) is 11.5 Å². The highest BCUT2D eigenvalue weighted by atomic mass is 32.2. The van der Waals surface area contributed by atoms with Gasteiger partial charge in [-0.1, -0.05) is 0 Å². The van der Waals surface area contributed by atoms with Gasteiger partial charge in [0.1, 0.15) is 5.75 Å². The molecule has 3 rings (SSSR count). The van der Waals surface area contributed by atoms with E-state index >= 15 is 0 Å². The highest BCUT2D eigenvalue weighted by Gasteiger charge is 2.17. The van der Waals surface area contributed by atoms with Crippen LogP contribution in [0.1, 0.15) is 12.8 Å². The van der Waals surface area contributed by atoms with Crippen LogP contribution >= 0.6 is 0 Å². The fourth-order valence-electron chi connectivity index (χ4n) is 2.81. The summed E-state index contributed by atoms with van der Waals surface area (Å²) >= 11 is 0. The third-order valence-corrected chi connectivity index (χ3v) is 5.68. The molecule has 6 heteroatoms. The number of fused-ring (bicyclic) bond motifs is 1. The first kappa shape index (κ1) is 16.1. The summed E-state index contributed by atoms with van der Waals surface area (Å²) < 4.78 is 24.6. The molecular weight excluding hydrogens is 312 g/mol. The van der Waals surface area contributed by atoms with Gasteiger partial charge in [-0.05, 0) is 30.9 Å². The fraction of sp³-hybridized carbons (Fsp3) is 0.471. The predicted molar refractivity (Wildman–Crippen MR) is 92.9 cm³/mol. The van der Waals surface area contributed by atoms with E-state index in [9.17, 15) is 0 Å². The first-order chi connectivity index (χ1) is 11.2. The van der Waals surface area contributed by atoms with Crippen LogP contribution in [0.25, 0.3) is 10.9 Å². The molecule has 0 amide bonds. The van der Waals surface area contributed by atoms with E-state index in [1.807, 2.05) is 18.2 Å². The van der Waals surface area contributed by atoms with Crippen molar-refractivity contribution in [1.82, 2.24) is 4.98 Å². The van der Waals surface area contributed by atoms with Crippen molar-refractivity contribution >= 4 is 21.6 Å². The van der Waals surface area contributed by atoms with Gasteiger partial charge in [0.25, 0.3) is 0 Å². The van der Waals surface area contributed by atoms with Crippen molar-refractivity contribution in [2.24, 2.45) is 5.92 Å². The van der Waals surface area contributed by atoms with Gasteiger partial charge in [-0.15, -0.1) is 10.7 Å². The molecule has 1 aromatic heterocycles. The lowest BCUT2D eigenvalue weighted by molar-refractivity contribution is 0.242. The summed E-state index contributed by atoms with van der Waals surface area (Å²) in [6.45, 7) is 0.699. The molecule has 1 aliphatic rings. The lowest BCUT2D eigenvalue weighted by Crippen LogP contribution is -2.22. The topological polar surface area (TPSA) is 64.4 Å². The van der Waals surface area contributed by atoms with E-state index in [1.165, 1.54) is 0 Å². The van der Waals surface area contributed by atoms with E-state index in [1.54, 1.807) is 20.4 Å². The minimum Gasteiger partial charge on any atom is -0.493 e. The fourth-order valence-corrected chi connectivity index (χ4v) is 4.25. The maximum atomic E-state index is 7.80. The average molecular weight is 334 g/mol. The summed E-state index contributed by atoms with van der Waals surface area (Å²) in [5.41, 5.74) is 0.830. The highest BCUT2D eigenvalue weighted by Crippen LogP contribution is 2.35. The number of nitrogens with one attached hydrogen (secondary N) is 1. The highest BCUT2D eigenvalue weighted by molar-refractivity contribution is 7.86. The van der Waals surface area contributed by atoms with Crippen LogP contribution in [0.2, 0.25) is 0 Å². The Bertz CT molecular complexity index is 710. The molecule has 0 aliphatic carbocycles. The Balaban J connectivity index is 1.81. The molecule has 0 atom stereocenters. The van der Waals surface area contributed by atoms with Gasteiger partial charge < -0.3 is 14.2 Å². The maximum absolute atomic E-state index is 7.80. The third kappa shape index (κ3) is 3.58. The zero-order valence-corrected chi connectivity index (χ0v) is 14.3. The van der Waals surface area contributed by atoms with E-state index in [-0.39, 0.29) is 10.7 Å². The number of hydrogen-bond acceptors (Lipinski definition) is 5. The molecule has 0 unspecified atom stereocenters. The molecular formula is C17H22N2O3S. The lowest BCUT2D eigenvalue weighted by Gasteiger charge is -2.23. The van der Waals surface area contributed by atoms with Gasteiger partial charge in [-0.25, -0.2) is 0 Å². The van der Waals surface area contributed by atoms with Gasteiger partial charge in [0.05, 0.1) is 26.3 Å². The first-order valence-corrected chi connectivity index (χ1v) is 9.30. The van der Waals surface area contributed by atoms with E-state index in [4.69, 9.17) is 19.0 Å². The second kappa shape index (κ2) is 7.17. The SMILES string of the molecule is COc1cc2nccc(OCC3CCS(=N)CC3)c2cc1OC. The van der Waals surface area contributed by atoms with Crippen molar-refractivity contribution in [2.75, 3.05) is 32.3 Å². The molecule has 0 bridgehead atoms. The molecule has 1 aliphatic heterocycles. The van der Waals surface area contributed by atoms with Crippen molar-refractivity contribution in [1.29, 1.82) is 4.78 Å². The van der Waals surface area contributed by atoms with Crippen LogP contribution in [-0.2, 0) is 10.7 Å². The molecule has 1 saturated heterocycles. The Morgan fingerprint density at radius 3 is 2.52 bits per heavy atom. The van der Waals surface area contributed by atoms with Crippen molar-refractivity contribution in [3.63, 3.8) is 0 Å². The molecule has 0 radical (unpaired) electrons. The van der Waals surface area contributed by atoms with Gasteiger partial charge in [-0.2, -0.15) is 0 Å². The predicted octanol–water partition coefficient (Wildman–Crippen LogP) is 3.42. The number of aromatic nitrogens is 1. The van der Waals surface area contributed by atoms with E-state index < -0.39 is 0 Å². The van der Waals surface area contributed by atoms with Crippen LogP contribution in [0, 0.1) is 10.7 Å². The van der Waals surface area contributed by atoms with Crippen LogP contribution in [0.4, 0.5) is 0 Å². The molecule has 2 aromatic rings. The van der Waals surface area contributed by atoms with Gasteiger partial charge in [0.2, 0.25) is 0 Å². The van der Waals surface area contributed by atoms with Crippen LogP contribution in [0.3, 0.4) is 0 Å². The minimum atomic E-state index is -0.135. The van der Waals surface area contributed by atoms with Gasteiger partial charge in [0, 0.05) is 29.2 Å². The number of hydrogen-bond donors (Lipinski definition) is 1. The average Bonchev–Trinajstić information content (AvgIpc) is 2.60. The lowest BCUT2D eigenvalue weighted by atomic mass is 10.0. The summed E-state index contributed by atoms with van der Waals surface area (Å²) in [5, 5.41) is 0.932. The summed E-state index contributed by atoms with van der Waals surface area (Å²) in [6.07, 6.45) is 3.94. The van der Waals surface area contributed by atoms with Crippen molar-refractivity contribution in [2.45, 2.75) is 12.8 Å². The van der Waals surface area contributed by atoms with E-state index in [0.29, 0.717) is 24.0 Å². The molecule has 1 aromatic carbocycles. The maximum Gasteiger partial charge on any atom is 0.162 e. The molecule has 124 valence electrons. The molecule has 5 nitrogen and oxygen atoms in total. The molecule has 1 N–H and O–H groups in total. The van der Waals surface area contributed by atoms with E-state index in [2.05, 4.69) is 4.98 Å². The summed E-state index contributed by atoms with van der Waals surface area (Å²) in [5.74, 6) is 4.73. The summed E-state index contributed by atoms with van der Waals surface area (Å²) in [4.78, 5) is 4.39. The monoisotopic (exact) mass is 334 g/mol. The molecule has 0 spiro atoms. The second-order valence-corrected chi connectivity index (χ2v) is 7.49. The third-order valence-electron chi connectivity index (χ3n) is 4.23. The Kier molecular flexibility index (Phi) is 5.00. The second-order valence-electron chi connectivity index (χ2n) is 5.69. The number of ether oxygens (including phenoxy) is 3. The van der Waals surface area contributed by atoms with Crippen LogP contribution in [-0.4, -0.2) is 37.3 Å². The summed E-state index contributed by atoms with van der Waals surface area (Å²) in [6, 6.07) is 5.68. The van der Waals surface area contributed by atoms with Crippen molar-refractivity contribution < 1.29 is 14.2 Å². The molecule has 2 heterocycles. The molecule has 23 heavy (non-hydrogen) atoms. The Morgan fingerprint density at radius 2 is 1.83 bits per heavy atom. The Hall–Kier alpha value is -1.82. The number of benzene rings is 1. The number of nitrogens with zero attached hydrogens (tertiary/aromatic N) is 1. The zero-order chi connectivity index (χ0) is 16.2. The molecule has 1 fully saturated rings. The molecule has 0 saturated carbocycles. The standard InChI is InChI=1S/C17H22N2O3S/c1-20-16-9-13-14(10-17(16)21-2)19-6-3-15(13)22-11-12-4-7-23(18)8-5-12/h3,6,9-10,12,18H,4-5,7-8,11H2,1-2H3. The summed E-state index contributed by atoms with van der Waals surface area (Å²) in [7, 11) is 3.11. The van der Waals surface area contributed by atoms with Crippen LogP contribution in [0.5, 0.6) is 17.2 Å². The zero-order valence-electron chi connectivity index (χ0n) is 13.5. The Morgan fingerprint density at radius 1 is 1.13 bits per heavy atom. The number of pyridine rings is 1.